The second-order valence-electron chi connectivity index (χ2n) is 6.58. The molecular weight excluding hydrogens is 326 g/mol. The lowest BCUT2D eigenvalue weighted by Gasteiger charge is -2.22. The second kappa shape index (κ2) is 5.93. The van der Waals surface area contributed by atoms with Gasteiger partial charge in [0.15, 0.2) is 0 Å². The summed E-state index contributed by atoms with van der Waals surface area (Å²) in [5.74, 6) is 0. The summed E-state index contributed by atoms with van der Waals surface area (Å²) in [4.78, 5) is 0. The monoisotopic (exact) mass is 349 g/mol. The molecule has 2 rings (SSSR count). The lowest BCUT2D eigenvalue weighted by Crippen LogP contribution is -2.35. The fourth-order valence-corrected chi connectivity index (χ4v) is 2.63. The molecule has 0 radical (unpaired) electrons. The molecule has 1 heterocycles. The Morgan fingerprint density at radius 3 is 2.38 bits per heavy atom. The Bertz CT molecular complexity index is 651. The van der Waals surface area contributed by atoms with Crippen LogP contribution in [0.3, 0.4) is 0 Å². The molecule has 0 aliphatic rings. The molecule has 2 aromatic rings. The predicted octanol–water partition coefficient (Wildman–Crippen LogP) is 4.45. The van der Waals surface area contributed by atoms with Crippen LogP contribution in [0.2, 0.25) is 0 Å². The fourth-order valence-electron chi connectivity index (χ4n) is 2.22. The largest absolute Gasteiger partial charge is 0.308 e. The van der Waals surface area contributed by atoms with Crippen LogP contribution in [0.15, 0.2) is 22.7 Å². The van der Waals surface area contributed by atoms with Gasteiger partial charge < -0.3 is 5.32 Å². The molecule has 1 aromatic heterocycles. The topological polar surface area (TPSA) is 29.9 Å². The van der Waals surface area contributed by atoms with Gasteiger partial charge in [-0.15, -0.1) is 0 Å². The van der Waals surface area contributed by atoms with Crippen molar-refractivity contribution >= 4 is 15.9 Å². The van der Waals surface area contributed by atoms with E-state index in [1.165, 1.54) is 16.8 Å². The highest BCUT2D eigenvalue weighted by Crippen LogP contribution is 2.24. The van der Waals surface area contributed by atoms with E-state index < -0.39 is 0 Å². The first kappa shape index (κ1) is 16.2. The van der Waals surface area contributed by atoms with Crippen LogP contribution in [-0.2, 0) is 6.54 Å². The SMILES string of the molecule is Cc1nn(-c2ccc(Br)cc2CNC(C)(C)C)c(C)c1C. The van der Waals surface area contributed by atoms with Gasteiger partial charge >= 0.3 is 0 Å². The van der Waals surface area contributed by atoms with E-state index in [-0.39, 0.29) is 5.54 Å². The third kappa shape index (κ3) is 3.74. The minimum Gasteiger partial charge on any atom is -0.308 e. The molecule has 0 atom stereocenters. The Morgan fingerprint density at radius 2 is 1.86 bits per heavy atom. The Kier molecular flexibility index (Phi) is 4.59. The number of halogens is 1. The summed E-state index contributed by atoms with van der Waals surface area (Å²) < 4.78 is 3.15. The van der Waals surface area contributed by atoms with Gasteiger partial charge in [0, 0.05) is 22.3 Å². The quantitative estimate of drug-likeness (QED) is 0.886. The van der Waals surface area contributed by atoms with E-state index in [9.17, 15) is 0 Å². The van der Waals surface area contributed by atoms with Gasteiger partial charge in [-0.2, -0.15) is 5.10 Å². The number of benzene rings is 1. The van der Waals surface area contributed by atoms with Crippen LogP contribution in [0.1, 0.15) is 43.3 Å². The molecule has 0 aliphatic carbocycles. The first-order chi connectivity index (χ1) is 9.69. The van der Waals surface area contributed by atoms with Crippen LogP contribution in [-0.4, -0.2) is 15.3 Å². The van der Waals surface area contributed by atoms with E-state index in [0.717, 1.165) is 22.4 Å². The summed E-state index contributed by atoms with van der Waals surface area (Å²) in [5, 5.41) is 8.24. The van der Waals surface area contributed by atoms with Crippen molar-refractivity contribution in [3.05, 3.63) is 45.2 Å². The molecule has 4 heteroatoms. The van der Waals surface area contributed by atoms with E-state index in [0.29, 0.717) is 0 Å². The van der Waals surface area contributed by atoms with Crippen LogP contribution in [0.5, 0.6) is 0 Å². The van der Waals surface area contributed by atoms with Gasteiger partial charge in [-0.05, 0) is 70.9 Å². The number of hydrogen-bond acceptors (Lipinski definition) is 2. The summed E-state index contributed by atoms with van der Waals surface area (Å²) in [6.45, 7) is 13.7. The lowest BCUT2D eigenvalue weighted by molar-refractivity contribution is 0.423. The Balaban J connectivity index is 2.46. The molecule has 0 bridgehead atoms. The average molecular weight is 350 g/mol. The van der Waals surface area contributed by atoms with Crippen molar-refractivity contribution < 1.29 is 0 Å². The number of rotatable bonds is 3. The molecule has 3 nitrogen and oxygen atoms in total. The summed E-state index contributed by atoms with van der Waals surface area (Å²) in [7, 11) is 0. The van der Waals surface area contributed by atoms with Gasteiger partial charge in [0.2, 0.25) is 0 Å². The molecule has 114 valence electrons. The second-order valence-corrected chi connectivity index (χ2v) is 7.50. The van der Waals surface area contributed by atoms with Gasteiger partial charge in [-0.25, -0.2) is 4.68 Å². The summed E-state index contributed by atoms with van der Waals surface area (Å²) >= 11 is 3.57. The van der Waals surface area contributed by atoms with Gasteiger partial charge in [-0.1, -0.05) is 15.9 Å². The van der Waals surface area contributed by atoms with E-state index in [1.54, 1.807) is 0 Å². The number of nitrogens with zero attached hydrogens (tertiary/aromatic N) is 2. The number of hydrogen-bond donors (Lipinski definition) is 1. The zero-order chi connectivity index (χ0) is 15.8. The van der Waals surface area contributed by atoms with E-state index in [4.69, 9.17) is 0 Å². The first-order valence-electron chi connectivity index (χ1n) is 7.25. The molecule has 0 unspecified atom stereocenters. The van der Waals surface area contributed by atoms with Crippen LogP contribution in [0.25, 0.3) is 5.69 Å². The van der Waals surface area contributed by atoms with Gasteiger partial charge in [0.1, 0.15) is 0 Å². The van der Waals surface area contributed by atoms with Crippen LogP contribution >= 0.6 is 15.9 Å². The molecule has 0 fully saturated rings. The van der Waals surface area contributed by atoms with Crippen molar-refractivity contribution in [2.45, 2.75) is 53.6 Å². The maximum atomic E-state index is 4.69. The lowest BCUT2D eigenvalue weighted by atomic mass is 10.1. The Morgan fingerprint density at radius 1 is 1.19 bits per heavy atom. The van der Waals surface area contributed by atoms with Crippen molar-refractivity contribution in [2.75, 3.05) is 0 Å². The van der Waals surface area contributed by atoms with Gasteiger partial charge in [0.05, 0.1) is 11.4 Å². The standard InChI is InChI=1S/C17H24BrN3/c1-11-12(2)20-21(13(11)3)16-8-7-15(18)9-14(16)10-19-17(4,5)6/h7-9,19H,10H2,1-6H3. The van der Waals surface area contributed by atoms with Gasteiger partial charge in [-0.3, -0.25) is 0 Å². The molecule has 0 aliphatic heterocycles. The van der Waals surface area contributed by atoms with Crippen molar-refractivity contribution in [1.82, 2.24) is 15.1 Å². The third-order valence-corrected chi connectivity index (χ3v) is 4.23. The summed E-state index contributed by atoms with van der Waals surface area (Å²) in [6, 6.07) is 6.37. The predicted molar refractivity (Wildman–Crippen MR) is 92.1 cm³/mol. The number of aryl methyl sites for hydroxylation is 1. The number of aromatic nitrogens is 2. The summed E-state index contributed by atoms with van der Waals surface area (Å²) in [5.41, 5.74) is 6.02. The highest BCUT2D eigenvalue weighted by molar-refractivity contribution is 9.10. The Hall–Kier alpha value is -1.13. The zero-order valence-electron chi connectivity index (χ0n) is 13.7. The molecule has 1 N–H and O–H groups in total. The van der Waals surface area contributed by atoms with Crippen molar-refractivity contribution in [1.29, 1.82) is 0 Å². The molecule has 21 heavy (non-hydrogen) atoms. The molecule has 0 spiro atoms. The maximum absolute atomic E-state index is 4.69. The van der Waals surface area contributed by atoms with Crippen molar-refractivity contribution in [3.8, 4) is 5.69 Å². The van der Waals surface area contributed by atoms with Crippen LogP contribution in [0, 0.1) is 20.8 Å². The maximum Gasteiger partial charge on any atom is 0.0694 e. The molecule has 0 saturated carbocycles. The Labute approximate surface area is 135 Å². The molecule has 0 saturated heterocycles. The normalized spacial score (nSPS) is 12.0. The van der Waals surface area contributed by atoms with Crippen LogP contribution in [0.4, 0.5) is 0 Å². The minimum atomic E-state index is 0.0879. The highest BCUT2D eigenvalue weighted by Gasteiger charge is 2.15. The van der Waals surface area contributed by atoms with E-state index in [2.05, 4.69) is 90.8 Å². The van der Waals surface area contributed by atoms with E-state index in [1.807, 2.05) is 0 Å². The zero-order valence-corrected chi connectivity index (χ0v) is 15.3. The van der Waals surface area contributed by atoms with Crippen molar-refractivity contribution in [3.63, 3.8) is 0 Å². The van der Waals surface area contributed by atoms with Crippen LogP contribution < -0.4 is 5.32 Å². The van der Waals surface area contributed by atoms with E-state index >= 15 is 0 Å². The molecule has 0 amide bonds. The van der Waals surface area contributed by atoms with Crippen molar-refractivity contribution in [2.24, 2.45) is 0 Å². The average Bonchev–Trinajstić information content (AvgIpc) is 2.63. The smallest absolute Gasteiger partial charge is 0.0694 e. The fraction of sp³-hybridized carbons (Fsp3) is 0.471. The first-order valence-corrected chi connectivity index (χ1v) is 8.05. The number of nitrogens with one attached hydrogen (secondary N) is 1. The minimum absolute atomic E-state index is 0.0879. The molecular formula is C17H24BrN3. The molecule has 1 aromatic carbocycles. The third-order valence-electron chi connectivity index (χ3n) is 3.73. The highest BCUT2D eigenvalue weighted by atomic mass is 79.9. The summed E-state index contributed by atoms with van der Waals surface area (Å²) in [6.07, 6.45) is 0. The van der Waals surface area contributed by atoms with Gasteiger partial charge in [0.25, 0.3) is 0 Å².